The van der Waals surface area contributed by atoms with Gasteiger partial charge in [-0.05, 0) is 49.4 Å². The number of nitriles is 1. The fourth-order valence-electron chi connectivity index (χ4n) is 2.05. The Hall–Kier alpha value is -1.40. The molecule has 0 saturated heterocycles. The second kappa shape index (κ2) is 5.29. The van der Waals surface area contributed by atoms with Crippen molar-refractivity contribution in [3.63, 3.8) is 0 Å². The molecule has 1 aromatic carbocycles. The minimum atomic E-state index is -0.240. The van der Waals surface area contributed by atoms with Gasteiger partial charge in [0.25, 0.3) is 0 Å². The highest BCUT2D eigenvalue weighted by Crippen LogP contribution is 2.36. The Bertz CT molecular complexity index is 432. The summed E-state index contributed by atoms with van der Waals surface area (Å²) in [5.74, 6) is 1.28. The van der Waals surface area contributed by atoms with Crippen molar-refractivity contribution in [3.8, 4) is 6.07 Å². The molecule has 1 unspecified atom stereocenters. The van der Waals surface area contributed by atoms with Crippen LogP contribution in [0, 0.1) is 29.0 Å². The van der Waals surface area contributed by atoms with Gasteiger partial charge in [-0.3, -0.25) is 0 Å². The molecule has 1 aromatic rings. The van der Waals surface area contributed by atoms with Crippen LogP contribution in [0.2, 0.25) is 0 Å². The van der Waals surface area contributed by atoms with Crippen molar-refractivity contribution in [2.24, 2.45) is 11.8 Å². The number of halogens is 1. The van der Waals surface area contributed by atoms with E-state index in [4.69, 9.17) is 5.26 Å². The zero-order chi connectivity index (χ0) is 12.3. The average molecular weight is 232 g/mol. The first kappa shape index (κ1) is 12.1. The summed E-state index contributed by atoms with van der Waals surface area (Å²) >= 11 is 0. The molecule has 1 saturated carbocycles. The summed E-state index contributed by atoms with van der Waals surface area (Å²) in [6.45, 7) is 3.64. The molecule has 0 amide bonds. The summed E-state index contributed by atoms with van der Waals surface area (Å²) in [7, 11) is 0. The molecule has 1 fully saturated rings. The lowest BCUT2D eigenvalue weighted by molar-refractivity contribution is 0.457. The normalized spacial score (nSPS) is 16.5. The maximum Gasteiger partial charge on any atom is 0.127 e. The molecule has 1 aliphatic rings. The molecule has 1 aliphatic carbocycles. The number of hydrogen-bond acceptors (Lipinski definition) is 2. The van der Waals surface area contributed by atoms with Gasteiger partial charge in [0.1, 0.15) is 5.82 Å². The third kappa shape index (κ3) is 3.28. The molecule has 90 valence electrons. The van der Waals surface area contributed by atoms with Crippen LogP contribution < -0.4 is 5.32 Å². The first-order valence-electron chi connectivity index (χ1n) is 6.10. The Morgan fingerprint density at radius 1 is 1.53 bits per heavy atom. The number of rotatable bonds is 5. The molecular formula is C14H17FN2. The molecule has 1 N–H and O–H groups in total. The molecule has 0 radical (unpaired) electrons. The topological polar surface area (TPSA) is 35.8 Å². The van der Waals surface area contributed by atoms with Crippen LogP contribution in [0.4, 0.5) is 4.39 Å². The fourth-order valence-corrected chi connectivity index (χ4v) is 2.05. The van der Waals surface area contributed by atoms with Crippen LogP contribution in [0.15, 0.2) is 18.2 Å². The van der Waals surface area contributed by atoms with Crippen molar-refractivity contribution < 1.29 is 4.39 Å². The molecule has 17 heavy (non-hydrogen) atoms. The Morgan fingerprint density at radius 2 is 2.29 bits per heavy atom. The van der Waals surface area contributed by atoms with Gasteiger partial charge in [0.05, 0.1) is 11.6 Å². The van der Waals surface area contributed by atoms with E-state index in [2.05, 4.69) is 12.2 Å². The highest BCUT2D eigenvalue weighted by atomic mass is 19.1. The Kier molecular flexibility index (Phi) is 3.75. The molecule has 0 spiro atoms. The maximum absolute atomic E-state index is 13.5. The smallest absolute Gasteiger partial charge is 0.127 e. The van der Waals surface area contributed by atoms with Gasteiger partial charge in [-0.1, -0.05) is 6.92 Å². The van der Waals surface area contributed by atoms with Crippen molar-refractivity contribution in [2.75, 3.05) is 6.54 Å². The fraction of sp³-hybridized carbons (Fsp3) is 0.500. The molecule has 2 nitrogen and oxygen atoms in total. The van der Waals surface area contributed by atoms with E-state index in [0.29, 0.717) is 23.6 Å². The molecule has 3 heteroatoms. The molecule has 0 heterocycles. The molecule has 0 bridgehead atoms. The maximum atomic E-state index is 13.5. The van der Waals surface area contributed by atoms with E-state index in [-0.39, 0.29) is 5.82 Å². The van der Waals surface area contributed by atoms with Gasteiger partial charge in [-0.25, -0.2) is 4.39 Å². The minimum absolute atomic E-state index is 0.240. The van der Waals surface area contributed by atoms with E-state index in [1.54, 1.807) is 6.07 Å². The predicted octanol–water partition coefficient (Wildman–Crippen LogP) is 2.83. The van der Waals surface area contributed by atoms with Crippen LogP contribution in [-0.2, 0) is 6.54 Å². The predicted molar refractivity (Wildman–Crippen MR) is 64.7 cm³/mol. The summed E-state index contributed by atoms with van der Waals surface area (Å²) < 4.78 is 13.5. The van der Waals surface area contributed by atoms with E-state index in [0.717, 1.165) is 12.5 Å². The van der Waals surface area contributed by atoms with Crippen molar-refractivity contribution in [3.05, 3.63) is 35.1 Å². The molecule has 2 rings (SSSR count). The van der Waals surface area contributed by atoms with Gasteiger partial charge < -0.3 is 5.32 Å². The molecule has 0 aromatic heterocycles. The van der Waals surface area contributed by atoms with Crippen molar-refractivity contribution in [1.29, 1.82) is 5.26 Å². The first-order valence-corrected chi connectivity index (χ1v) is 6.10. The molecule has 1 atom stereocenters. The molecule has 0 aliphatic heterocycles. The summed E-state index contributed by atoms with van der Waals surface area (Å²) in [4.78, 5) is 0. The number of benzene rings is 1. The minimum Gasteiger partial charge on any atom is -0.312 e. The summed E-state index contributed by atoms with van der Waals surface area (Å²) in [6.07, 6.45) is 2.67. The highest BCUT2D eigenvalue weighted by Gasteiger charge is 2.27. The van der Waals surface area contributed by atoms with Crippen LogP contribution in [0.5, 0.6) is 0 Å². The summed E-state index contributed by atoms with van der Waals surface area (Å²) in [5.41, 5.74) is 1.09. The first-order chi connectivity index (χ1) is 8.20. The number of nitrogens with one attached hydrogen (secondary N) is 1. The van der Waals surface area contributed by atoms with E-state index >= 15 is 0 Å². The van der Waals surface area contributed by atoms with Crippen LogP contribution in [0.3, 0.4) is 0 Å². The van der Waals surface area contributed by atoms with Gasteiger partial charge in [-0.2, -0.15) is 5.26 Å². The average Bonchev–Trinajstić information content (AvgIpc) is 3.15. The third-order valence-electron chi connectivity index (χ3n) is 3.38. The van der Waals surface area contributed by atoms with Gasteiger partial charge >= 0.3 is 0 Å². The second-order valence-electron chi connectivity index (χ2n) is 4.86. The van der Waals surface area contributed by atoms with Crippen molar-refractivity contribution >= 4 is 0 Å². The Labute approximate surface area is 101 Å². The third-order valence-corrected chi connectivity index (χ3v) is 3.38. The quantitative estimate of drug-likeness (QED) is 0.847. The lowest BCUT2D eigenvalue weighted by Gasteiger charge is -2.11. The van der Waals surface area contributed by atoms with Gasteiger partial charge in [0.15, 0.2) is 0 Å². The van der Waals surface area contributed by atoms with E-state index in [9.17, 15) is 4.39 Å². The lowest BCUT2D eigenvalue weighted by atomic mass is 10.1. The summed E-state index contributed by atoms with van der Waals surface area (Å²) in [5, 5.41) is 12.0. The van der Waals surface area contributed by atoms with Crippen LogP contribution in [0.25, 0.3) is 0 Å². The van der Waals surface area contributed by atoms with E-state index in [1.807, 2.05) is 6.07 Å². The van der Waals surface area contributed by atoms with Crippen molar-refractivity contribution in [2.45, 2.75) is 26.3 Å². The second-order valence-corrected chi connectivity index (χ2v) is 4.86. The van der Waals surface area contributed by atoms with E-state index < -0.39 is 0 Å². The zero-order valence-corrected chi connectivity index (χ0v) is 10.0. The van der Waals surface area contributed by atoms with Gasteiger partial charge in [0, 0.05) is 12.1 Å². The van der Waals surface area contributed by atoms with Crippen LogP contribution in [-0.4, -0.2) is 6.54 Å². The van der Waals surface area contributed by atoms with Crippen molar-refractivity contribution in [1.82, 2.24) is 5.32 Å². The molecular weight excluding hydrogens is 215 g/mol. The highest BCUT2D eigenvalue weighted by molar-refractivity contribution is 5.33. The largest absolute Gasteiger partial charge is 0.312 e. The SMILES string of the molecule is CC(CNCc1cc(C#N)ccc1F)C1CC1. The number of nitrogens with zero attached hydrogens (tertiary/aromatic N) is 1. The standard InChI is InChI=1S/C14H17FN2/c1-10(12-3-4-12)8-17-9-13-6-11(7-16)2-5-14(13)15/h2,5-6,10,12,17H,3-4,8-9H2,1H3. The summed E-state index contributed by atoms with van der Waals surface area (Å²) in [6, 6.07) is 6.51. The Balaban J connectivity index is 1.87. The van der Waals surface area contributed by atoms with Crippen LogP contribution in [0.1, 0.15) is 30.9 Å². The Morgan fingerprint density at radius 3 is 2.94 bits per heavy atom. The van der Waals surface area contributed by atoms with Gasteiger partial charge in [-0.15, -0.1) is 0 Å². The monoisotopic (exact) mass is 232 g/mol. The van der Waals surface area contributed by atoms with Crippen LogP contribution >= 0.6 is 0 Å². The van der Waals surface area contributed by atoms with Gasteiger partial charge in [0.2, 0.25) is 0 Å². The lowest BCUT2D eigenvalue weighted by Crippen LogP contribution is -2.22. The number of hydrogen-bond donors (Lipinski definition) is 1. The zero-order valence-electron chi connectivity index (χ0n) is 10.0. The van der Waals surface area contributed by atoms with E-state index in [1.165, 1.54) is 25.0 Å².